The molecule has 0 bridgehead atoms. The van der Waals surface area contributed by atoms with E-state index in [1.54, 1.807) is 25.5 Å². The molecule has 1 fully saturated rings. The molecule has 1 aliphatic rings. The number of hydrogen-bond acceptors (Lipinski definition) is 8. The van der Waals surface area contributed by atoms with Crippen LogP contribution in [0.2, 0.25) is 0 Å². The molecule has 3 heterocycles. The summed E-state index contributed by atoms with van der Waals surface area (Å²) >= 11 is 0. The van der Waals surface area contributed by atoms with E-state index in [9.17, 15) is 14.9 Å². The van der Waals surface area contributed by atoms with Gasteiger partial charge in [-0.05, 0) is 33.8 Å². The summed E-state index contributed by atoms with van der Waals surface area (Å²) in [6.45, 7) is 9.44. The largest absolute Gasteiger partial charge is 0.372 e. The lowest BCUT2D eigenvalue weighted by Gasteiger charge is -2.36. The van der Waals surface area contributed by atoms with Crippen LogP contribution in [0.25, 0.3) is 10.9 Å². The number of nitro groups is 1. The van der Waals surface area contributed by atoms with Crippen LogP contribution in [0.1, 0.15) is 33.5 Å². The smallest absolute Gasteiger partial charge is 0.270 e. The number of aryl methyl sites for hydroxylation is 1. The molecule has 10 nitrogen and oxygen atoms in total. The van der Waals surface area contributed by atoms with Gasteiger partial charge in [0.05, 0.1) is 52.0 Å². The van der Waals surface area contributed by atoms with Gasteiger partial charge in [0.2, 0.25) is 0 Å². The number of nitrogens with one attached hydrogen (secondary N) is 1. The molecule has 0 aliphatic carbocycles. The summed E-state index contributed by atoms with van der Waals surface area (Å²) in [4.78, 5) is 34.7. The van der Waals surface area contributed by atoms with Gasteiger partial charge in [0.15, 0.2) is 5.82 Å². The van der Waals surface area contributed by atoms with E-state index >= 15 is 0 Å². The van der Waals surface area contributed by atoms with E-state index in [0.29, 0.717) is 22.4 Å². The van der Waals surface area contributed by atoms with Gasteiger partial charge in [0.25, 0.3) is 11.2 Å². The number of aromatic nitrogens is 3. The van der Waals surface area contributed by atoms with Gasteiger partial charge in [-0.3, -0.25) is 14.9 Å². The van der Waals surface area contributed by atoms with Crippen molar-refractivity contribution in [3.63, 3.8) is 0 Å². The third-order valence-electron chi connectivity index (χ3n) is 5.87. The minimum atomic E-state index is -0.742. The van der Waals surface area contributed by atoms with Crippen molar-refractivity contribution < 1.29 is 9.66 Å². The average Bonchev–Trinajstić information content (AvgIpc) is 2.76. The van der Waals surface area contributed by atoms with Gasteiger partial charge in [-0.25, -0.2) is 9.97 Å². The van der Waals surface area contributed by atoms with Crippen LogP contribution in [0.5, 0.6) is 0 Å². The molecule has 3 aromatic rings. The van der Waals surface area contributed by atoms with Crippen molar-refractivity contribution in [3.8, 4) is 0 Å². The van der Waals surface area contributed by atoms with Gasteiger partial charge in [-0.1, -0.05) is 0 Å². The molecule has 1 aromatic carbocycles. The van der Waals surface area contributed by atoms with Crippen LogP contribution < -0.4 is 15.8 Å². The van der Waals surface area contributed by atoms with Crippen LogP contribution >= 0.6 is 0 Å². The second-order valence-corrected chi connectivity index (χ2v) is 9.09. The number of non-ortho nitro benzene ring substituents is 1. The van der Waals surface area contributed by atoms with Crippen molar-refractivity contribution in [1.82, 2.24) is 14.5 Å². The van der Waals surface area contributed by atoms with E-state index < -0.39 is 10.5 Å². The van der Waals surface area contributed by atoms with E-state index in [1.165, 1.54) is 22.8 Å². The number of ether oxygens (including phenoxy) is 1. The first-order chi connectivity index (χ1) is 15.5. The highest BCUT2D eigenvalue weighted by atomic mass is 16.6. The molecule has 0 radical (unpaired) electrons. The predicted molar refractivity (Wildman–Crippen MR) is 127 cm³/mol. The standard InChI is InChI=1S/C23H28N6O4/c1-14-12-28(13-15(2)33-14)17-10-24-22(25-11-17)23(3,4)26-19-9-21(30)27(5)20-7-6-16(29(31)32)8-18(19)20/h6-11,14-15,26H,12-13H2,1-5H3/t14-,15+. The highest BCUT2D eigenvalue weighted by Crippen LogP contribution is 2.31. The van der Waals surface area contributed by atoms with Crippen molar-refractivity contribution >= 4 is 28.0 Å². The minimum Gasteiger partial charge on any atom is -0.372 e. The Morgan fingerprint density at radius 1 is 1.15 bits per heavy atom. The Labute approximate surface area is 191 Å². The van der Waals surface area contributed by atoms with Crippen molar-refractivity contribution in [2.45, 2.75) is 45.4 Å². The molecule has 0 amide bonds. The van der Waals surface area contributed by atoms with Crippen LogP contribution in [-0.4, -0.2) is 44.8 Å². The van der Waals surface area contributed by atoms with Gasteiger partial charge in [0, 0.05) is 43.7 Å². The second-order valence-electron chi connectivity index (χ2n) is 9.09. The molecule has 2 aromatic heterocycles. The lowest BCUT2D eigenvalue weighted by molar-refractivity contribution is -0.384. The zero-order chi connectivity index (χ0) is 23.9. The maximum Gasteiger partial charge on any atom is 0.270 e. The molecule has 1 saturated heterocycles. The zero-order valence-electron chi connectivity index (χ0n) is 19.4. The molecule has 174 valence electrons. The summed E-state index contributed by atoms with van der Waals surface area (Å²) in [6.07, 6.45) is 3.85. The minimum absolute atomic E-state index is 0.0448. The molecular formula is C23H28N6O4. The maximum atomic E-state index is 12.5. The number of fused-ring (bicyclic) bond motifs is 1. The number of anilines is 2. The van der Waals surface area contributed by atoms with Crippen LogP contribution in [0.4, 0.5) is 17.1 Å². The number of nitro benzene ring substituents is 1. The van der Waals surface area contributed by atoms with Crippen molar-refractivity contribution in [2.75, 3.05) is 23.3 Å². The van der Waals surface area contributed by atoms with Crippen LogP contribution in [0.15, 0.2) is 41.5 Å². The fourth-order valence-electron chi connectivity index (χ4n) is 4.25. The average molecular weight is 453 g/mol. The Hall–Kier alpha value is -3.53. The van der Waals surface area contributed by atoms with Gasteiger partial charge in [-0.15, -0.1) is 0 Å². The summed E-state index contributed by atoms with van der Waals surface area (Å²) in [5.74, 6) is 0.542. The predicted octanol–water partition coefficient (Wildman–Crippen LogP) is 3.20. The van der Waals surface area contributed by atoms with E-state index in [4.69, 9.17) is 4.74 Å². The number of benzene rings is 1. The quantitative estimate of drug-likeness (QED) is 0.464. The lowest BCUT2D eigenvalue weighted by Crippen LogP contribution is -2.45. The monoisotopic (exact) mass is 452 g/mol. The zero-order valence-corrected chi connectivity index (χ0v) is 19.4. The number of hydrogen-bond donors (Lipinski definition) is 1. The highest BCUT2D eigenvalue weighted by Gasteiger charge is 2.27. The third kappa shape index (κ3) is 4.51. The lowest BCUT2D eigenvalue weighted by atomic mass is 10.0. The van der Waals surface area contributed by atoms with Crippen molar-refractivity contribution in [2.24, 2.45) is 7.05 Å². The Morgan fingerprint density at radius 3 is 2.39 bits per heavy atom. The molecule has 1 N–H and O–H groups in total. The summed E-state index contributed by atoms with van der Waals surface area (Å²) < 4.78 is 7.26. The normalized spacial score (nSPS) is 19.0. The van der Waals surface area contributed by atoms with Gasteiger partial charge in [0.1, 0.15) is 0 Å². The Balaban J connectivity index is 1.66. The van der Waals surface area contributed by atoms with Crippen LogP contribution in [0.3, 0.4) is 0 Å². The maximum absolute atomic E-state index is 12.5. The van der Waals surface area contributed by atoms with Crippen molar-refractivity contribution in [3.05, 3.63) is 63.0 Å². The molecule has 33 heavy (non-hydrogen) atoms. The van der Waals surface area contributed by atoms with Crippen LogP contribution in [0, 0.1) is 10.1 Å². The summed E-state index contributed by atoms with van der Waals surface area (Å²) in [5, 5.41) is 15.2. The Bertz CT molecular complexity index is 1240. The fourth-order valence-corrected chi connectivity index (χ4v) is 4.25. The Kier molecular flexibility index (Phi) is 5.79. The van der Waals surface area contributed by atoms with Gasteiger partial charge < -0.3 is 19.5 Å². The third-order valence-corrected chi connectivity index (χ3v) is 5.87. The number of nitrogens with zero attached hydrogens (tertiary/aromatic N) is 5. The first-order valence-corrected chi connectivity index (χ1v) is 10.8. The van der Waals surface area contributed by atoms with E-state index in [1.807, 2.05) is 27.7 Å². The van der Waals surface area contributed by atoms with E-state index in [0.717, 1.165) is 18.8 Å². The van der Waals surface area contributed by atoms with E-state index in [2.05, 4.69) is 20.2 Å². The van der Waals surface area contributed by atoms with Gasteiger partial charge >= 0.3 is 0 Å². The first-order valence-electron chi connectivity index (χ1n) is 10.8. The molecule has 0 spiro atoms. The van der Waals surface area contributed by atoms with Gasteiger partial charge in [-0.2, -0.15) is 0 Å². The Morgan fingerprint density at radius 2 is 1.79 bits per heavy atom. The molecule has 0 unspecified atom stereocenters. The molecule has 0 saturated carbocycles. The summed E-state index contributed by atoms with van der Waals surface area (Å²) in [7, 11) is 1.64. The molecular weight excluding hydrogens is 424 g/mol. The SMILES string of the molecule is C[C@@H]1CN(c2cnc(C(C)(C)Nc3cc(=O)n(C)c4ccc([N+](=O)[O-])cc34)nc2)C[C@H](C)O1. The molecule has 10 heteroatoms. The molecule has 2 atom stereocenters. The fraction of sp³-hybridized carbons (Fsp3) is 0.435. The summed E-state index contributed by atoms with van der Waals surface area (Å²) in [6, 6.07) is 5.89. The van der Waals surface area contributed by atoms with Crippen molar-refractivity contribution in [1.29, 1.82) is 0 Å². The number of morpholine rings is 1. The molecule has 1 aliphatic heterocycles. The number of pyridine rings is 1. The number of rotatable bonds is 5. The highest BCUT2D eigenvalue weighted by molar-refractivity contribution is 5.93. The van der Waals surface area contributed by atoms with E-state index in [-0.39, 0.29) is 23.5 Å². The summed E-state index contributed by atoms with van der Waals surface area (Å²) in [5.41, 5.74) is 1.00. The second kappa shape index (κ2) is 8.43. The van der Waals surface area contributed by atoms with Crippen LogP contribution in [-0.2, 0) is 17.3 Å². The molecule has 4 rings (SSSR count). The topological polar surface area (TPSA) is 115 Å². The first kappa shape index (κ1) is 22.7.